The van der Waals surface area contributed by atoms with Crippen LogP contribution in [0.15, 0.2) is 41.1 Å². The number of carbonyl (C=O) groups is 2. The molecule has 132 valence electrons. The smallest absolute Gasteiger partial charge is 0.227 e. The first-order chi connectivity index (χ1) is 12.1. The number of benzene rings is 1. The molecule has 2 heterocycles. The van der Waals surface area contributed by atoms with Crippen LogP contribution < -0.4 is 10.2 Å². The Labute approximate surface area is 151 Å². The number of hydrogen-bond acceptors (Lipinski definition) is 4. The Balaban J connectivity index is 1.58. The molecule has 1 fully saturated rings. The van der Waals surface area contributed by atoms with Crippen LogP contribution in [0.5, 0.6) is 0 Å². The van der Waals surface area contributed by atoms with Gasteiger partial charge in [-0.3, -0.25) is 9.59 Å². The van der Waals surface area contributed by atoms with Crippen LogP contribution >= 0.6 is 11.3 Å². The highest BCUT2D eigenvalue weighted by molar-refractivity contribution is 7.07. The van der Waals surface area contributed by atoms with Crippen molar-refractivity contribution in [3.63, 3.8) is 0 Å². The number of aryl methyl sites for hydroxylation is 1. The minimum absolute atomic E-state index is 0.00914. The lowest BCUT2D eigenvalue weighted by atomic mass is 10.1. The topological polar surface area (TPSA) is 58.6 Å². The molecule has 1 aliphatic rings. The molecule has 2 aromatic rings. The van der Waals surface area contributed by atoms with Crippen LogP contribution in [-0.4, -0.2) is 32.0 Å². The highest BCUT2D eigenvalue weighted by Gasteiger charge is 2.35. The lowest BCUT2D eigenvalue weighted by molar-refractivity contribution is -0.126. The van der Waals surface area contributed by atoms with Gasteiger partial charge in [-0.05, 0) is 41.4 Å². The number of nitrogens with zero attached hydrogens (tertiary/aromatic N) is 1. The largest absolute Gasteiger partial charge is 0.375 e. The summed E-state index contributed by atoms with van der Waals surface area (Å²) in [6.45, 7) is 2.83. The Morgan fingerprint density at radius 3 is 2.76 bits per heavy atom. The van der Waals surface area contributed by atoms with E-state index < -0.39 is 0 Å². The average Bonchev–Trinajstić information content (AvgIpc) is 3.26. The summed E-state index contributed by atoms with van der Waals surface area (Å²) in [6, 6.07) is 9.78. The Kier molecular flexibility index (Phi) is 5.50. The summed E-state index contributed by atoms with van der Waals surface area (Å²) in [5.74, 6) is -0.431. The van der Waals surface area contributed by atoms with E-state index in [1.165, 1.54) is 0 Å². The molecule has 25 heavy (non-hydrogen) atoms. The number of rotatable bonds is 6. The molecule has 0 bridgehead atoms. The zero-order valence-corrected chi connectivity index (χ0v) is 15.2. The van der Waals surface area contributed by atoms with Gasteiger partial charge < -0.3 is 15.0 Å². The molecule has 0 radical (unpaired) electrons. The van der Waals surface area contributed by atoms with Gasteiger partial charge >= 0.3 is 0 Å². The minimum Gasteiger partial charge on any atom is -0.375 e. The van der Waals surface area contributed by atoms with Crippen LogP contribution in [0, 0.1) is 12.8 Å². The molecule has 0 spiro atoms. The first-order valence-corrected chi connectivity index (χ1v) is 9.22. The SMILES string of the molecule is COC(CNC(=O)C1CC(=O)N(c2ccc(C)cc2)C1)c1ccsc1. The van der Waals surface area contributed by atoms with E-state index in [1.807, 2.05) is 48.0 Å². The van der Waals surface area contributed by atoms with Crippen LogP contribution in [0.4, 0.5) is 5.69 Å². The standard InChI is InChI=1S/C19H22N2O3S/c1-13-3-5-16(6-4-13)21-11-15(9-18(21)22)19(23)20-10-17(24-2)14-7-8-25-12-14/h3-8,12,15,17H,9-11H2,1-2H3,(H,20,23). The summed E-state index contributed by atoms with van der Waals surface area (Å²) in [5.41, 5.74) is 3.04. The second-order valence-electron chi connectivity index (χ2n) is 6.27. The maximum atomic E-state index is 12.5. The monoisotopic (exact) mass is 358 g/mol. The number of ether oxygens (including phenoxy) is 1. The summed E-state index contributed by atoms with van der Waals surface area (Å²) in [4.78, 5) is 26.4. The summed E-state index contributed by atoms with van der Waals surface area (Å²) in [5, 5.41) is 6.92. The molecule has 0 aliphatic carbocycles. The molecule has 1 aromatic heterocycles. The van der Waals surface area contributed by atoms with E-state index in [4.69, 9.17) is 4.74 Å². The molecule has 0 saturated carbocycles. The zero-order valence-electron chi connectivity index (χ0n) is 14.4. The number of hydrogen-bond donors (Lipinski definition) is 1. The van der Waals surface area contributed by atoms with Crippen LogP contribution in [0.1, 0.15) is 23.7 Å². The van der Waals surface area contributed by atoms with Crippen molar-refractivity contribution in [3.05, 3.63) is 52.2 Å². The third-order valence-electron chi connectivity index (χ3n) is 4.50. The maximum absolute atomic E-state index is 12.5. The summed E-state index contributed by atoms with van der Waals surface area (Å²) in [6.07, 6.45) is 0.0796. The number of methoxy groups -OCH3 is 1. The van der Waals surface area contributed by atoms with E-state index in [1.54, 1.807) is 23.3 Å². The van der Waals surface area contributed by atoms with Gasteiger partial charge in [0.15, 0.2) is 0 Å². The second-order valence-corrected chi connectivity index (χ2v) is 7.05. The van der Waals surface area contributed by atoms with Gasteiger partial charge in [0.25, 0.3) is 0 Å². The Hall–Kier alpha value is -2.18. The second kappa shape index (κ2) is 7.80. The van der Waals surface area contributed by atoms with Gasteiger partial charge in [0, 0.05) is 32.3 Å². The molecule has 2 atom stereocenters. The highest BCUT2D eigenvalue weighted by Crippen LogP contribution is 2.26. The van der Waals surface area contributed by atoms with Crippen molar-refractivity contribution in [2.24, 2.45) is 5.92 Å². The third kappa shape index (κ3) is 4.08. The van der Waals surface area contributed by atoms with Crippen molar-refractivity contribution >= 4 is 28.8 Å². The van der Waals surface area contributed by atoms with E-state index >= 15 is 0 Å². The Morgan fingerprint density at radius 1 is 1.36 bits per heavy atom. The first-order valence-electron chi connectivity index (χ1n) is 8.28. The predicted octanol–water partition coefficient (Wildman–Crippen LogP) is 2.91. The van der Waals surface area contributed by atoms with Gasteiger partial charge in [0.05, 0.1) is 5.92 Å². The number of nitrogens with one attached hydrogen (secondary N) is 1. The van der Waals surface area contributed by atoms with Gasteiger partial charge in [0.1, 0.15) is 6.10 Å². The fraction of sp³-hybridized carbons (Fsp3) is 0.368. The molecule has 1 aromatic carbocycles. The van der Waals surface area contributed by atoms with Crippen LogP contribution in [-0.2, 0) is 14.3 Å². The molecular formula is C19H22N2O3S. The average molecular weight is 358 g/mol. The summed E-state index contributed by atoms with van der Waals surface area (Å²) >= 11 is 1.60. The Bertz CT molecular complexity index is 728. The predicted molar refractivity (Wildman–Crippen MR) is 98.7 cm³/mol. The van der Waals surface area contributed by atoms with Crippen molar-refractivity contribution in [1.82, 2.24) is 5.32 Å². The lowest BCUT2D eigenvalue weighted by Crippen LogP contribution is -2.35. The molecule has 6 heteroatoms. The number of anilines is 1. The van der Waals surface area contributed by atoms with Gasteiger partial charge in [0.2, 0.25) is 11.8 Å². The molecule has 1 aliphatic heterocycles. The van der Waals surface area contributed by atoms with Crippen molar-refractivity contribution in [2.75, 3.05) is 25.1 Å². The molecule has 3 rings (SSSR count). The van der Waals surface area contributed by atoms with Crippen LogP contribution in [0.2, 0.25) is 0 Å². The highest BCUT2D eigenvalue weighted by atomic mass is 32.1. The van der Waals surface area contributed by atoms with Crippen molar-refractivity contribution in [3.8, 4) is 0 Å². The maximum Gasteiger partial charge on any atom is 0.227 e. The fourth-order valence-corrected chi connectivity index (χ4v) is 3.69. The van der Waals surface area contributed by atoms with E-state index in [9.17, 15) is 9.59 Å². The molecule has 5 nitrogen and oxygen atoms in total. The van der Waals surface area contributed by atoms with Gasteiger partial charge in [-0.15, -0.1) is 0 Å². The normalized spacial score (nSPS) is 18.4. The van der Waals surface area contributed by atoms with E-state index in [-0.39, 0.29) is 30.3 Å². The number of thiophene rings is 1. The first kappa shape index (κ1) is 17.6. The molecule has 1 N–H and O–H groups in total. The lowest BCUT2D eigenvalue weighted by Gasteiger charge is -2.18. The summed E-state index contributed by atoms with van der Waals surface area (Å²) in [7, 11) is 1.63. The molecular weight excluding hydrogens is 336 g/mol. The van der Waals surface area contributed by atoms with Crippen molar-refractivity contribution < 1.29 is 14.3 Å². The quantitative estimate of drug-likeness (QED) is 0.864. The summed E-state index contributed by atoms with van der Waals surface area (Å²) < 4.78 is 5.45. The van der Waals surface area contributed by atoms with Crippen LogP contribution in [0.25, 0.3) is 0 Å². The van der Waals surface area contributed by atoms with Crippen molar-refractivity contribution in [1.29, 1.82) is 0 Å². The van der Waals surface area contributed by atoms with Crippen LogP contribution in [0.3, 0.4) is 0 Å². The number of amides is 2. The van der Waals surface area contributed by atoms with Gasteiger partial charge in [-0.1, -0.05) is 17.7 Å². The van der Waals surface area contributed by atoms with E-state index in [0.717, 1.165) is 16.8 Å². The van der Waals surface area contributed by atoms with E-state index in [2.05, 4.69) is 5.32 Å². The van der Waals surface area contributed by atoms with Gasteiger partial charge in [-0.2, -0.15) is 11.3 Å². The fourth-order valence-electron chi connectivity index (χ4n) is 2.99. The number of carbonyl (C=O) groups excluding carboxylic acids is 2. The van der Waals surface area contributed by atoms with Crippen molar-refractivity contribution in [2.45, 2.75) is 19.4 Å². The third-order valence-corrected chi connectivity index (χ3v) is 5.20. The zero-order chi connectivity index (χ0) is 17.8. The Morgan fingerprint density at radius 2 is 2.12 bits per heavy atom. The molecule has 2 amide bonds. The minimum atomic E-state index is -0.325. The molecule has 1 saturated heterocycles. The molecule has 2 unspecified atom stereocenters. The van der Waals surface area contributed by atoms with E-state index in [0.29, 0.717) is 13.1 Å². The van der Waals surface area contributed by atoms with Gasteiger partial charge in [-0.25, -0.2) is 0 Å².